The van der Waals surface area contributed by atoms with Gasteiger partial charge in [-0.1, -0.05) is 0 Å². The Kier molecular flexibility index (Phi) is 5.14. The molecule has 3 aromatic rings. The molecule has 30 heavy (non-hydrogen) atoms. The number of benzene rings is 2. The maximum atomic E-state index is 13.8. The number of fused-ring (bicyclic) bond motifs is 3. The first-order valence-corrected chi connectivity index (χ1v) is 10.0. The van der Waals surface area contributed by atoms with E-state index < -0.39 is 17.5 Å². The molecule has 2 heterocycles. The second-order valence-corrected chi connectivity index (χ2v) is 7.76. The van der Waals surface area contributed by atoms with Crippen molar-refractivity contribution in [3.8, 4) is 23.1 Å². The van der Waals surface area contributed by atoms with Gasteiger partial charge in [0.15, 0.2) is 11.7 Å². The number of carbonyl (C=O) groups is 2. The number of ketones is 2. The minimum atomic E-state index is -1.52. The summed E-state index contributed by atoms with van der Waals surface area (Å²) < 4.78 is 20.4. The summed E-state index contributed by atoms with van der Waals surface area (Å²) in [5, 5.41) is 13.9. The lowest BCUT2D eigenvalue weighted by molar-refractivity contribution is 0.0842. The molecule has 1 unspecified atom stereocenters. The second kappa shape index (κ2) is 7.76. The number of hydrogen-bond donors (Lipinski definition) is 0. The molecule has 8 heteroatoms. The molecule has 1 aliphatic heterocycles. The van der Waals surface area contributed by atoms with Gasteiger partial charge < -0.3 is 4.74 Å². The molecular formula is C22H16FN3O3S. The molecule has 1 atom stereocenters. The van der Waals surface area contributed by atoms with Crippen LogP contribution >= 0.6 is 11.8 Å². The Morgan fingerprint density at radius 1 is 1.23 bits per heavy atom. The van der Waals surface area contributed by atoms with Gasteiger partial charge in [-0.3, -0.25) is 14.3 Å². The number of Topliss-reactive ketones (excluding diaryl/α,β-unsaturated/α-hetero) is 2. The number of ether oxygens (including phenoxy) is 1. The maximum Gasteiger partial charge on any atom is 0.208 e. The molecule has 150 valence electrons. The Balaban J connectivity index is 1.72. The zero-order chi connectivity index (χ0) is 21.4. The van der Waals surface area contributed by atoms with Crippen LogP contribution in [0.3, 0.4) is 0 Å². The summed E-state index contributed by atoms with van der Waals surface area (Å²) in [6.45, 7) is 0. The van der Waals surface area contributed by atoms with E-state index in [1.807, 2.05) is 6.07 Å². The number of rotatable bonds is 5. The molecule has 4 rings (SSSR count). The lowest BCUT2D eigenvalue weighted by atomic mass is 9.91. The summed E-state index contributed by atoms with van der Waals surface area (Å²) >= 11 is 1.46. The second-order valence-electron chi connectivity index (χ2n) is 6.75. The molecule has 0 N–H and O–H groups in total. The van der Waals surface area contributed by atoms with E-state index >= 15 is 0 Å². The number of nitrogens with zero attached hydrogens (tertiary/aromatic N) is 3. The highest BCUT2D eigenvalue weighted by Crippen LogP contribution is 2.43. The van der Waals surface area contributed by atoms with Gasteiger partial charge in [-0.2, -0.15) is 10.4 Å². The van der Waals surface area contributed by atoms with Crippen LogP contribution in [0.5, 0.6) is 5.75 Å². The van der Waals surface area contributed by atoms with E-state index in [1.165, 1.54) is 47.8 Å². The molecule has 0 aliphatic carbocycles. The lowest BCUT2D eigenvalue weighted by Gasteiger charge is -2.17. The Labute approximate surface area is 176 Å². The van der Waals surface area contributed by atoms with Crippen molar-refractivity contribution in [2.75, 3.05) is 7.11 Å². The predicted molar refractivity (Wildman–Crippen MR) is 109 cm³/mol. The van der Waals surface area contributed by atoms with Gasteiger partial charge in [-0.15, -0.1) is 11.8 Å². The van der Waals surface area contributed by atoms with Crippen molar-refractivity contribution in [3.05, 3.63) is 65.1 Å². The number of halogens is 1. The van der Waals surface area contributed by atoms with Gasteiger partial charge in [-0.25, -0.2) is 4.39 Å². The summed E-state index contributed by atoms with van der Waals surface area (Å²) in [6, 6.07) is 12.5. The normalized spacial score (nSPS) is 13.0. The van der Waals surface area contributed by atoms with Crippen molar-refractivity contribution in [1.82, 2.24) is 9.78 Å². The van der Waals surface area contributed by atoms with Crippen molar-refractivity contribution >= 4 is 23.3 Å². The smallest absolute Gasteiger partial charge is 0.208 e. The lowest BCUT2D eigenvalue weighted by Crippen LogP contribution is -2.24. The van der Waals surface area contributed by atoms with Gasteiger partial charge in [0.05, 0.1) is 18.9 Å². The Morgan fingerprint density at radius 3 is 2.63 bits per heavy atom. The predicted octanol–water partition coefficient (Wildman–Crippen LogP) is 4.05. The number of nitriles is 1. The van der Waals surface area contributed by atoms with Crippen LogP contribution in [0.4, 0.5) is 4.39 Å². The molecule has 2 aromatic carbocycles. The van der Waals surface area contributed by atoms with Gasteiger partial charge in [0.2, 0.25) is 5.78 Å². The fraction of sp³-hybridized carbons (Fsp3) is 0.182. The third-order valence-corrected chi connectivity index (χ3v) is 6.08. The highest BCUT2D eigenvalue weighted by Gasteiger charge is 2.35. The average Bonchev–Trinajstić information content (AvgIpc) is 3.11. The van der Waals surface area contributed by atoms with Crippen LogP contribution in [0.2, 0.25) is 0 Å². The van der Waals surface area contributed by atoms with Crippen molar-refractivity contribution in [2.24, 2.45) is 13.0 Å². The fourth-order valence-corrected chi connectivity index (χ4v) is 4.55. The largest absolute Gasteiger partial charge is 0.497 e. The monoisotopic (exact) mass is 421 g/mol. The summed E-state index contributed by atoms with van der Waals surface area (Å²) in [5.41, 5.74) is 2.18. The summed E-state index contributed by atoms with van der Waals surface area (Å²) in [6.07, 6.45) is 0. The number of thioether (sulfide) groups is 1. The molecule has 0 fully saturated rings. The number of hydrogen-bond acceptors (Lipinski definition) is 6. The zero-order valence-electron chi connectivity index (χ0n) is 16.2. The van der Waals surface area contributed by atoms with E-state index in [9.17, 15) is 19.2 Å². The first kappa shape index (κ1) is 19.9. The van der Waals surface area contributed by atoms with E-state index in [0.717, 1.165) is 4.90 Å². The van der Waals surface area contributed by atoms with Crippen LogP contribution in [0.1, 0.15) is 26.4 Å². The third-order valence-electron chi connectivity index (χ3n) is 4.98. The molecule has 0 saturated carbocycles. The molecular weight excluding hydrogens is 405 g/mol. The highest BCUT2D eigenvalue weighted by atomic mass is 32.2. The molecule has 0 amide bonds. The van der Waals surface area contributed by atoms with E-state index in [1.54, 1.807) is 25.2 Å². The average molecular weight is 421 g/mol. The van der Waals surface area contributed by atoms with E-state index in [4.69, 9.17) is 4.74 Å². The maximum absolute atomic E-state index is 13.8. The van der Waals surface area contributed by atoms with E-state index in [0.29, 0.717) is 28.3 Å². The first-order valence-electron chi connectivity index (χ1n) is 9.05. The Morgan fingerprint density at radius 2 is 1.97 bits per heavy atom. The topological polar surface area (TPSA) is 85.0 Å². The minimum absolute atomic E-state index is 0.0725. The summed E-state index contributed by atoms with van der Waals surface area (Å²) in [5.74, 6) is -2.15. The summed E-state index contributed by atoms with van der Waals surface area (Å²) in [4.78, 5) is 26.9. The molecule has 1 aromatic heterocycles. The number of carbonyl (C=O) groups excluding carboxylic acids is 2. The Hall–Kier alpha value is -3.44. The molecule has 0 saturated heterocycles. The van der Waals surface area contributed by atoms with Crippen molar-refractivity contribution in [1.29, 1.82) is 5.26 Å². The third kappa shape index (κ3) is 3.27. The minimum Gasteiger partial charge on any atom is -0.497 e. The van der Waals surface area contributed by atoms with Crippen LogP contribution in [0, 0.1) is 23.1 Å². The number of aromatic nitrogens is 2. The van der Waals surface area contributed by atoms with E-state index in [-0.39, 0.29) is 17.1 Å². The van der Waals surface area contributed by atoms with Gasteiger partial charge in [0.1, 0.15) is 17.3 Å². The van der Waals surface area contributed by atoms with Crippen LogP contribution in [-0.2, 0) is 12.8 Å². The molecule has 0 spiro atoms. The molecule has 6 nitrogen and oxygen atoms in total. The zero-order valence-corrected chi connectivity index (χ0v) is 17.0. The quantitative estimate of drug-likeness (QED) is 0.457. The number of methoxy groups -OCH3 is 1. The highest BCUT2D eigenvalue weighted by molar-refractivity contribution is 7.98. The standard InChI is InChI=1S/C22H16FN3O3S/c1-26-20-15-9-13(23)5-8-18(15)30-11-17(20)19(25-26)22(28)16(10-24)21(27)12-3-6-14(29-2)7-4-12/h3-9,16H,11H2,1-2H3. The van der Waals surface area contributed by atoms with Gasteiger partial charge in [-0.05, 0) is 42.5 Å². The first-order chi connectivity index (χ1) is 14.4. The molecule has 0 bridgehead atoms. The van der Waals surface area contributed by atoms with Crippen molar-refractivity contribution in [3.63, 3.8) is 0 Å². The number of aryl methyl sites for hydroxylation is 1. The van der Waals surface area contributed by atoms with Crippen molar-refractivity contribution in [2.45, 2.75) is 10.6 Å². The van der Waals surface area contributed by atoms with E-state index in [2.05, 4.69) is 5.10 Å². The van der Waals surface area contributed by atoms with Crippen LogP contribution in [0.15, 0.2) is 47.4 Å². The van der Waals surface area contributed by atoms with Crippen LogP contribution in [0.25, 0.3) is 11.3 Å². The van der Waals surface area contributed by atoms with Crippen molar-refractivity contribution < 1.29 is 18.7 Å². The SMILES string of the molecule is COc1ccc(C(=O)C(C#N)C(=O)c2nn(C)c3c2CSc2ccc(F)cc2-3)cc1. The van der Waals surface area contributed by atoms with Crippen LogP contribution in [-0.4, -0.2) is 28.5 Å². The van der Waals surface area contributed by atoms with Gasteiger partial charge in [0, 0.05) is 34.4 Å². The van der Waals surface area contributed by atoms with Gasteiger partial charge >= 0.3 is 0 Å². The Bertz CT molecular complexity index is 1210. The molecule has 0 radical (unpaired) electrons. The molecule has 1 aliphatic rings. The van der Waals surface area contributed by atoms with Gasteiger partial charge in [0.25, 0.3) is 0 Å². The summed E-state index contributed by atoms with van der Waals surface area (Å²) in [7, 11) is 3.16. The van der Waals surface area contributed by atoms with Crippen LogP contribution < -0.4 is 4.74 Å². The fourth-order valence-electron chi connectivity index (χ4n) is 3.50.